The third-order valence-electron chi connectivity index (χ3n) is 4.21. The normalized spacial score (nSPS) is 16.6. The van der Waals surface area contributed by atoms with Gasteiger partial charge in [-0.1, -0.05) is 0 Å². The largest absolute Gasteiger partial charge is 0.492 e. The van der Waals surface area contributed by atoms with Gasteiger partial charge in [-0.15, -0.1) is 8.78 Å². The van der Waals surface area contributed by atoms with Gasteiger partial charge in [-0.25, -0.2) is 9.37 Å². The van der Waals surface area contributed by atoms with E-state index in [0.717, 1.165) is 0 Å². The van der Waals surface area contributed by atoms with E-state index in [1.165, 1.54) is 36.5 Å². The summed E-state index contributed by atoms with van der Waals surface area (Å²) in [5, 5.41) is 21.8. The highest BCUT2D eigenvalue weighted by molar-refractivity contribution is 6.60. The number of pyridine rings is 1. The minimum absolute atomic E-state index is 0.0279. The molecule has 1 atom stereocenters. The molecular weight excluding hydrogens is 413 g/mol. The van der Waals surface area contributed by atoms with Gasteiger partial charge >= 0.3 is 12.7 Å². The van der Waals surface area contributed by atoms with Crippen molar-refractivity contribution in [3.63, 3.8) is 0 Å². The van der Waals surface area contributed by atoms with Crippen LogP contribution in [0.5, 0.6) is 5.75 Å². The lowest BCUT2D eigenvalue weighted by atomic mass is 9.79. The number of carbonyl (C=O) groups is 1. The molecule has 0 spiro atoms. The van der Waals surface area contributed by atoms with Gasteiger partial charge in [0, 0.05) is 35.5 Å². The summed E-state index contributed by atoms with van der Waals surface area (Å²) in [6, 6.07) is 6.28. The molecule has 1 aromatic carbocycles. The van der Waals surface area contributed by atoms with Gasteiger partial charge in [-0.2, -0.15) is 0 Å². The highest BCUT2D eigenvalue weighted by Gasteiger charge is 2.29. The van der Waals surface area contributed by atoms with E-state index in [-0.39, 0.29) is 34.8 Å². The zero-order valence-electron chi connectivity index (χ0n) is 14.9. The van der Waals surface area contributed by atoms with Crippen LogP contribution >= 0.6 is 11.6 Å². The van der Waals surface area contributed by atoms with Crippen molar-refractivity contribution in [2.24, 2.45) is 0 Å². The summed E-state index contributed by atoms with van der Waals surface area (Å²) in [6.07, 6.45) is 0.502. The molecule has 1 unspecified atom stereocenters. The summed E-state index contributed by atoms with van der Waals surface area (Å²) in [4.78, 5) is 18.1. The van der Waals surface area contributed by atoms with Gasteiger partial charge in [0.2, 0.25) is 0 Å². The van der Waals surface area contributed by atoms with Crippen LogP contribution in [0.2, 0.25) is 0 Å². The van der Waals surface area contributed by atoms with E-state index in [1.807, 2.05) is 0 Å². The average Bonchev–Trinajstić information content (AvgIpc) is 3.07. The Morgan fingerprint density at radius 3 is 2.59 bits per heavy atom. The minimum atomic E-state index is -3.85. The van der Waals surface area contributed by atoms with Crippen LogP contribution in [0.25, 0.3) is 0 Å². The van der Waals surface area contributed by atoms with Crippen molar-refractivity contribution in [1.82, 2.24) is 4.98 Å². The molecule has 12 heteroatoms. The highest BCUT2D eigenvalue weighted by Crippen LogP contribution is 2.26. The van der Waals surface area contributed by atoms with Gasteiger partial charge in [0.15, 0.2) is 0 Å². The Morgan fingerprint density at radius 1 is 1.34 bits per heavy atom. The summed E-state index contributed by atoms with van der Waals surface area (Å²) < 4.78 is 42.8. The van der Waals surface area contributed by atoms with Crippen LogP contribution in [0, 0.1) is 0 Å². The Balaban J connectivity index is 1.74. The fraction of sp³-hybridized carbons (Fsp3) is 0.294. The van der Waals surface area contributed by atoms with E-state index < -0.39 is 24.8 Å². The molecular formula is C17H16BClF3N3O4. The summed E-state index contributed by atoms with van der Waals surface area (Å²) in [5.41, 5.74) is -3.58. The fourth-order valence-electron chi connectivity index (χ4n) is 2.91. The zero-order chi connectivity index (χ0) is 21.2. The lowest BCUT2D eigenvalue weighted by Gasteiger charge is -2.20. The van der Waals surface area contributed by atoms with Crippen molar-refractivity contribution in [2.75, 3.05) is 23.3 Å². The van der Waals surface area contributed by atoms with Crippen LogP contribution in [-0.4, -0.2) is 52.9 Å². The van der Waals surface area contributed by atoms with Gasteiger partial charge in [0.1, 0.15) is 17.7 Å². The molecule has 1 saturated heterocycles. The highest BCUT2D eigenvalue weighted by atomic mass is 35.5. The van der Waals surface area contributed by atoms with Crippen LogP contribution in [-0.2, 0) is 0 Å². The molecule has 0 radical (unpaired) electrons. The molecule has 154 valence electrons. The Hall–Kier alpha value is -2.50. The number of halogens is 4. The third kappa shape index (κ3) is 5.52. The lowest BCUT2D eigenvalue weighted by Crippen LogP contribution is -2.38. The van der Waals surface area contributed by atoms with E-state index in [1.54, 1.807) is 4.90 Å². The molecule has 1 aliphatic heterocycles. The Labute approximate surface area is 169 Å². The quantitative estimate of drug-likeness (QED) is 0.478. The Morgan fingerprint density at radius 2 is 2.03 bits per heavy atom. The smallest absolute Gasteiger partial charge is 0.423 e. The second-order valence-electron chi connectivity index (χ2n) is 6.37. The molecule has 2 aromatic rings. The second kappa shape index (κ2) is 8.48. The summed E-state index contributed by atoms with van der Waals surface area (Å²) >= 11 is 4.68. The van der Waals surface area contributed by atoms with Crippen LogP contribution in [0.4, 0.5) is 24.7 Å². The molecule has 1 aromatic heterocycles. The topological polar surface area (TPSA) is 94.9 Å². The van der Waals surface area contributed by atoms with E-state index in [2.05, 4.69) is 26.6 Å². The molecule has 0 bridgehead atoms. The maximum Gasteiger partial charge on any atom is 0.492 e. The lowest BCUT2D eigenvalue weighted by molar-refractivity contribution is -0.0964. The van der Waals surface area contributed by atoms with Gasteiger partial charge in [-0.05, 0) is 36.8 Å². The summed E-state index contributed by atoms with van der Waals surface area (Å²) in [6.45, 7) is 0.448. The fourth-order valence-corrected chi connectivity index (χ4v) is 3.00. The van der Waals surface area contributed by atoms with Crippen LogP contribution < -0.4 is 20.4 Å². The van der Waals surface area contributed by atoms with Crippen molar-refractivity contribution in [2.45, 2.75) is 18.2 Å². The molecule has 29 heavy (non-hydrogen) atoms. The maximum absolute atomic E-state index is 13.4. The molecule has 3 rings (SSSR count). The van der Waals surface area contributed by atoms with E-state index in [4.69, 9.17) is 0 Å². The monoisotopic (exact) mass is 429 g/mol. The molecule has 0 saturated carbocycles. The summed E-state index contributed by atoms with van der Waals surface area (Å²) in [7, 11) is -1.91. The van der Waals surface area contributed by atoms with Gasteiger partial charge < -0.3 is 25.0 Å². The Bertz CT molecular complexity index is 883. The van der Waals surface area contributed by atoms with Crippen molar-refractivity contribution in [3.8, 4) is 5.75 Å². The number of benzene rings is 1. The van der Waals surface area contributed by atoms with E-state index in [9.17, 15) is 28.0 Å². The number of hydrogen-bond donors (Lipinski definition) is 3. The van der Waals surface area contributed by atoms with Crippen molar-refractivity contribution >= 4 is 41.6 Å². The van der Waals surface area contributed by atoms with Gasteiger partial charge in [0.05, 0.1) is 12.1 Å². The minimum Gasteiger partial charge on any atom is -0.423 e. The number of rotatable bonds is 6. The molecule has 1 fully saturated rings. The molecule has 3 N–H and O–H groups in total. The number of amides is 1. The molecule has 1 aliphatic rings. The standard InChI is InChI=1S/C17H16BClF3N3O4/c19-17(21,22)29-13-3-1-12(2-4-13)24-16(26)10-7-14(18(27)28)15(23-8-10)25-6-5-11(20)9-25/h1-4,7-8,11,27-28H,5-6,9H2,(H,24,26). The average molecular weight is 430 g/mol. The van der Waals surface area contributed by atoms with Gasteiger partial charge in [0.25, 0.3) is 5.91 Å². The predicted octanol–water partition coefficient (Wildman–Crippen LogP) is 1.73. The molecule has 2 heterocycles. The van der Waals surface area contributed by atoms with Crippen molar-refractivity contribution < 1.29 is 32.8 Å². The first-order chi connectivity index (χ1) is 13.6. The number of alkyl halides is 4. The van der Waals surface area contributed by atoms with Crippen LogP contribution in [0.3, 0.4) is 0 Å². The first-order valence-corrected chi connectivity index (χ1v) is 8.92. The van der Waals surface area contributed by atoms with E-state index >= 15 is 0 Å². The number of anilines is 2. The third-order valence-corrected chi connectivity index (χ3v) is 4.29. The summed E-state index contributed by atoms with van der Waals surface area (Å²) in [5.74, 6) is -0.622. The first-order valence-electron chi connectivity index (χ1n) is 8.54. The van der Waals surface area contributed by atoms with Crippen molar-refractivity contribution in [1.29, 1.82) is 0 Å². The number of ether oxygens (including phenoxy) is 1. The number of carbonyl (C=O) groups excluding carboxylic acids is 1. The first kappa shape index (κ1) is 21.2. The second-order valence-corrected chi connectivity index (χ2v) is 6.81. The number of nitrogens with zero attached hydrogens (tertiary/aromatic N) is 2. The van der Waals surface area contributed by atoms with Crippen molar-refractivity contribution in [3.05, 3.63) is 42.1 Å². The molecule has 1 amide bonds. The molecule has 0 aliphatic carbocycles. The predicted molar refractivity (Wildman–Crippen MR) is 102 cm³/mol. The zero-order valence-corrected chi connectivity index (χ0v) is 15.6. The van der Waals surface area contributed by atoms with E-state index in [0.29, 0.717) is 13.0 Å². The number of hydrogen-bond acceptors (Lipinski definition) is 6. The van der Waals surface area contributed by atoms with Crippen LogP contribution in [0.15, 0.2) is 36.5 Å². The molecule has 7 nitrogen and oxygen atoms in total. The number of aromatic nitrogens is 1. The van der Waals surface area contributed by atoms with Crippen LogP contribution in [0.1, 0.15) is 16.8 Å². The SMILES string of the molecule is O=C(Nc1ccc(OC(F)(F)Cl)cc1)c1cnc(N2CCC(F)C2)c(B(O)O)c1. The number of nitrogens with one attached hydrogen (secondary N) is 1. The Kier molecular flexibility index (Phi) is 6.20. The maximum atomic E-state index is 13.4. The van der Waals surface area contributed by atoms with Gasteiger partial charge in [-0.3, -0.25) is 4.79 Å².